The Morgan fingerprint density at radius 1 is 1.30 bits per heavy atom. The number of nitrogens with two attached hydrogens (primary N) is 1. The molecule has 3 rings (SSSR count). The molecular formula is C17H17ClN4O3S2. The number of thioether (sulfide) groups is 1. The Kier molecular flexibility index (Phi) is 5.75. The molecule has 0 radical (unpaired) electrons. The van der Waals surface area contributed by atoms with Crippen molar-refractivity contribution in [3.63, 3.8) is 0 Å². The highest BCUT2D eigenvalue weighted by Gasteiger charge is 2.15. The maximum atomic E-state index is 12.2. The molecule has 7 nitrogen and oxygen atoms in total. The number of aromatic nitrogens is 2. The molecule has 0 atom stereocenters. The zero-order valence-electron chi connectivity index (χ0n) is 14.3. The van der Waals surface area contributed by atoms with E-state index in [1.807, 2.05) is 11.5 Å². The normalized spacial score (nSPS) is 11.7. The van der Waals surface area contributed by atoms with Crippen LogP contribution < -0.4 is 10.5 Å². The van der Waals surface area contributed by atoms with Crippen LogP contribution in [0.5, 0.6) is 0 Å². The average molecular weight is 425 g/mol. The van der Waals surface area contributed by atoms with Crippen LogP contribution in [0.2, 0.25) is 5.02 Å². The summed E-state index contributed by atoms with van der Waals surface area (Å²) in [5.74, 6) is -0.0417. The molecule has 0 aliphatic heterocycles. The van der Waals surface area contributed by atoms with Gasteiger partial charge in [-0.15, -0.1) is 0 Å². The van der Waals surface area contributed by atoms with Crippen molar-refractivity contribution in [2.45, 2.75) is 23.5 Å². The van der Waals surface area contributed by atoms with Gasteiger partial charge in [-0.2, -0.15) is 0 Å². The van der Waals surface area contributed by atoms with E-state index in [0.717, 1.165) is 5.52 Å². The number of halogens is 1. The van der Waals surface area contributed by atoms with Crippen molar-refractivity contribution in [1.29, 1.82) is 0 Å². The number of nitrogens with zero attached hydrogens (tertiary/aromatic N) is 2. The van der Waals surface area contributed by atoms with E-state index in [4.69, 9.17) is 16.7 Å². The number of amides is 1. The van der Waals surface area contributed by atoms with E-state index < -0.39 is 10.0 Å². The van der Waals surface area contributed by atoms with Gasteiger partial charge in [0.05, 0.1) is 21.7 Å². The van der Waals surface area contributed by atoms with Gasteiger partial charge in [0.15, 0.2) is 5.16 Å². The molecule has 142 valence electrons. The summed E-state index contributed by atoms with van der Waals surface area (Å²) in [6.07, 6.45) is 0. The number of nitrogens with one attached hydrogen (secondary N) is 1. The lowest BCUT2D eigenvalue weighted by atomic mass is 10.3. The van der Waals surface area contributed by atoms with Crippen molar-refractivity contribution in [2.24, 2.45) is 5.14 Å². The Morgan fingerprint density at radius 3 is 2.74 bits per heavy atom. The van der Waals surface area contributed by atoms with Crippen LogP contribution in [0.15, 0.2) is 52.5 Å². The smallest absolute Gasteiger partial charge is 0.238 e. The van der Waals surface area contributed by atoms with Gasteiger partial charge in [-0.1, -0.05) is 29.4 Å². The molecule has 3 aromatic rings. The largest absolute Gasteiger partial charge is 0.325 e. The number of anilines is 1. The van der Waals surface area contributed by atoms with Crippen LogP contribution in [0, 0.1) is 0 Å². The summed E-state index contributed by atoms with van der Waals surface area (Å²) in [4.78, 5) is 16.7. The molecule has 0 spiro atoms. The van der Waals surface area contributed by atoms with E-state index in [9.17, 15) is 13.2 Å². The minimum Gasteiger partial charge on any atom is -0.325 e. The van der Waals surface area contributed by atoms with E-state index in [0.29, 0.717) is 27.9 Å². The number of fused-ring (bicyclic) bond motifs is 1. The third kappa shape index (κ3) is 4.62. The monoisotopic (exact) mass is 424 g/mol. The number of hydrogen-bond acceptors (Lipinski definition) is 5. The topological polar surface area (TPSA) is 107 Å². The van der Waals surface area contributed by atoms with Gasteiger partial charge in [0.1, 0.15) is 0 Å². The van der Waals surface area contributed by atoms with Gasteiger partial charge in [0.25, 0.3) is 0 Å². The second kappa shape index (κ2) is 7.89. The molecule has 0 aliphatic carbocycles. The van der Waals surface area contributed by atoms with Crippen molar-refractivity contribution in [3.8, 4) is 0 Å². The fraction of sp³-hybridized carbons (Fsp3) is 0.176. The standard InChI is InChI=1S/C17H17ClN4O3S2/c1-2-22-15-7-6-13(27(19,24)25)9-14(15)21-17(22)26-10-16(23)20-12-5-3-4-11(18)8-12/h3-9H,2,10H2,1H3,(H,20,23)(H2,19,24,25). The molecule has 1 heterocycles. The number of rotatable bonds is 6. The lowest BCUT2D eigenvalue weighted by Crippen LogP contribution is -2.14. The second-order valence-electron chi connectivity index (χ2n) is 5.68. The third-order valence-corrected chi connectivity index (χ3v) is 5.89. The van der Waals surface area contributed by atoms with Gasteiger partial charge in [-0.3, -0.25) is 4.79 Å². The van der Waals surface area contributed by atoms with Gasteiger partial charge in [-0.05, 0) is 43.3 Å². The van der Waals surface area contributed by atoms with E-state index in [1.165, 1.54) is 23.9 Å². The summed E-state index contributed by atoms with van der Waals surface area (Å²) in [6.45, 7) is 2.58. The number of primary sulfonamides is 1. The van der Waals surface area contributed by atoms with Crippen molar-refractivity contribution < 1.29 is 13.2 Å². The highest BCUT2D eigenvalue weighted by Crippen LogP contribution is 2.26. The number of benzene rings is 2. The number of carbonyl (C=O) groups is 1. The molecule has 0 fully saturated rings. The zero-order chi connectivity index (χ0) is 19.6. The van der Waals surface area contributed by atoms with E-state index >= 15 is 0 Å². The van der Waals surface area contributed by atoms with Gasteiger partial charge >= 0.3 is 0 Å². The van der Waals surface area contributed by atoms with E-state index in [-0.39, 0.29) is 16.6 Å². The van der Waals surface area contributed by atoms with Gasteiger partial charge in [-0.25, -0.2) is 18.5 Å². The predicted molar refractivity (Wildman–Crippen MR) is 108 cm³/mol. The summed E-state index contributed by atoms with van der Waals surface area (Å²) < 4.78 is 25.0. The zero-order valence-corrected chi connectivity index (χ0v) is 16.7. The highest BCUT2D eigenvalue weighted by molar-refractivity contribution is 7.99. The molecular weight excluding hydrogens is 408 g/mol. The minimum absolute atomic E-state index is 0.00556. The van der Waals surface area contributed by atoms with Crippen molar-refractivity contribution >= 4 is 56.0 Å². The van der Waals surface area contributed by atoms with Gasteiger partial charge < -0.3 is 9.88 Å². The number of carbonyl (C=O) groups excluding carboxylic acids is 1. The molecule has 1 amide bonds. The van der Waals surface area contributed by atoms with Crippen LogP contribution >= 0.6 is 23.4 Å². The van der Waals surface area contributed by atoms with Crippen LogP contribution in [0.1, 0.15) is 6.92 Å². The molecule has 10 heteroatoms. The van der Waals surface area contributed by atoms with Crippen molar-refractivity contribution in [3.05, 3.63) is 47.5 Å². The maximum absolute atomic E-state index is 12.2. The second-order valence-corrected chi connectivity index (χ2v) is 8.62. The molecule has 0 saturated carbocycles. The Labute approximate surface area is 166 Å². The Balaban J connectivity index is 1.78. The number of hydrogen-bond donors (Lipinski definition) is 2. The fourth-order valence-corrected chi connectivity index (χ4v) is 4.18. The summed E-state index contributed by atoms with van der Waals surface area (Å²) in [5, 5.41) is 9.12. The molecule has 0 bridgehead atoms. The summed E-state index contributed by atoms with van der Waals surface area (Å²) in [7, 11) is -3.80. The van der Waals surface area contributed by atoms with Crippen LogP contribution in [-0.2, 0) is 21.4 Å². The first-order chi connectivity index (χ1) is 12.8. The summed E-state index contributed by atoms with van der Waals surface area (Å²) >= 11 is 7.18. The highest BCUT2D eigenvalue weighted by atomic mass is 35.5. The van der Waals surface area contributed by atoms with Crippen LogP contribution in [0.3, 0.4) is 0 Å². The summed E-state index contributed by atoms with van der Waals surface area (Å²) in [5.41, 5.74) is 1.92. The Morgan fingerprint density at radius 2 is 2.07 bits per heavy atom. The molecule has 0 unspecified atom stereocenters. The molecule has 0 saturated heterocycles. The van der Waals surface area contributed by atoms with Crippen molar-refractivity contribution in [2.75, 3.05) is 11.1 Å². The quantitative estimate of drug-likeness (QED) is 0.591. The van der Waals surface area contributed by atoms with Crippen LogP contribution in [0.25, 0.3) is 11.0 Å². The molecule has 2 aromatic carbocycles. The SMILES string of the molecule is CCn1c(SCC(=O)Nc2cccc(Cl)c2)nc2cc(S(N)(=O)=O)ccc21. The van der Waals surface area contributed by atoms with Gasteiger partial charge in [0, 0.05) is 17.3 Å². The molecule has 1 aromatic heterocycles. The van der Waals surface area contributed by atoms with Crippen molar-refractivity contribution in [1.82, 2.24) is 9.55 Å². The number of imidazole rings is 1. The minimum atomic E-state index is -3.80. The molecule has 3 N–H and O–H groups in total. The lowest BCUT2D eigenvalue weighted by molar-refractivity contribution is -0.113. The number of sulfonamides is 1. The average Bonchev–Trinajstić information content (AvgIpc) is 2.96. The van der Waals surface area contributed by atoms with E-state index in [2.05, 4.69) is 10.3 Å². The van der Waals surface area contributed by atoms with E-state index in [1.54, 1.807) is 30.3 Å². The van der Waals surface area contributed by atoms with Crippen LogP contribution in [-0.4, -0.2) is 29.6 Å². The first kappa shape index (κ1) is 19.7. The Bertz CT molecular complexity index is 1110. The molecule has 0 aliphatic rings. The van der Waals surface area contributed by atoms with Gasteiger partial charge in [0.2, 0.25) is 15.9 Å². The Hall–Kier alpha value is -2.07. The molecule has 27 heavy (non-hydrogen) atoms. The predicted octanol–water partition coefficient (Wildman–Crippen LogP) is 3.09. The maximum Gasteiger partial charge on any atom is 0.238 e. The van der Waals surface area contributed by atoms with Crippen LogP contribution in [0.4, 0.5) is 5.69 Å². The first-order valence-electron chi connectivity index (χ1n) is 7.99. The number of aryl methyl sites for hydroxylation is 1. The summed E-state index contributed by atoms with van der Waals surface area (Å²) in [6, 6.07) is 11.5. The fourth-order valence-electron chi connectivity index (χ4n) is 2.57. The third-order valence-electron chi connectivity index (χ3n) is 3.77. The lowest BCUT2D eigenvalue weighted by Gasteiger charge is -2.07. The first-order valence-corrected chi connectivity index (χ1v) is 10.9.